The van der Waals surface area contributed by atoms with E-state index < -0.39 is 41.7 Å². The predicted molar refractivity (Wildman–Crippen MR) is 148 cm³/mol. The summed E-state index contributed by atoms with van der Waals surface area (Å²) in [6, 6.07) is 4.81. The summed E-state index contributed by atoms with van der Waals surface area (Å²) >= 11 is 0. The van der Waals surface area contributed by atoms with Crippen LogP contribution >= 0.6 is 0 Å². The number of aromatic hydroxyl groups is 1. The lowest BCUT2D eigenvalue weighted by Gasteiger charge is -2.30. The van der Waals surface area contributed by atoms with E-state index in [1.54, 1.807) is 0 Å². The number of alkyl halides is 4. The maximum atomic E-state index is 14.7. The molecule has 2 saturated heterocycles. The van der Waals surface area contributed by atoms with Crippen molar-refractivity contribution in [3.63, 3.8) is 0 Å². The van der Waals surface area contributed by atoms with Crippen molar-refractivity contribution in [3.8, 4) is 35.4 Å². The summed E-state index contributed by atoms with van der Waals surface area (Å²) in [5.41, 5.74) is -1.67. The van der Waals surface area contributed by atoms with Crippen LogP contribution in [0.2, 0.25) is 0 Å². The number of aryl methyl sites for hydroxylation is 1. The standard InChI is InChI=1S/C30H25F5N4O4/c1-3-19-21(32)6-5-16-9-18(40)10-20(22(16)19)25-15(2)24-23(27(41)43-25)26(36-13-30(33,34)35)38-28(37-24)42-14-29-7-4-8-39(29)12-17(31)11-29/h1,5-6,9-10,17,40H,4,7-8,11-14H2,2H3,(H,36,37,38)/t17-,29+/m1/s1. The molecule has 43 heavy (non-hydrogen) atoms. The molecule has 224 valence electrons. The number of aromatic nitrogens is 2. The summed E-state index contributed by atoms with van der Waals surface area (Å²) in [4.78, 5) is 23.8. The van der Waals surface area contributed by atoms with Gasteiger partial charge in [0.25, 0.3) is 0 Å². The van der Waals surface area contributed by atoms with Gasteiger partial charge in [-0.15, -0.1) is 6.42 Å². The van der Waals surface area contributed by atoms with E-state index in [-0.39, 0.29) is 70.1 Å². The monoisotopic (exact) mass is 600 g/mol. The number of terminal acetylenes is 1. The molecule has 0 spiro atoms. The lowest BCUT2D eigenvalue weighted by atomic mass is 9.95. The molecule has 2 N–H and O–H groups in total. The molecule has 2 aliphatic heterocycles. The van der Waals surface area contributed by atoms with Gasteiger partial charge >= 0.3 is 17.8 Å². The van der Waals surface area contributed by atoms with Crippen LogP contribution in [0.25, 0.3) is 33.0 Å². The number of phenolic OH excluding ortho intramolecular Hbond substituents is 1. The Bertz CT molecular complexity index is 1870. The van der Waals surface area contributed by atoms with Gasteiger partial charge in [0, 0.05) is 29.5 Å². The second kappa shape index (κ2) is 10.4. The van der Waals surface area contributed by atoms with Gasteiger partial charge in [-0.3, -0.25) is 4.90 Å². The first-order valence-electron chi connectivity index (χ1n) is 13.5. The zero-order valence-electron chi connectivity index (χ0n) is 22.8. The summed E-state index contributed by atoms with van der Waals surface area (Å²) in [7, 11) is 0. The smallest absolute Gasteiger partial charge is 0.405 e. The molecule has 13 heteroatoms. The largest absolute Gasteiger partial charge is 0.508 e. The number of hydrogen-bond acceptors (Lipinski definition) is 8. The number of nitrogens with one attached hydrogen (secondary N) is 1. The third-order valence-corrected chi connectivity index (χ3v) is 8.11. The van der Waals surface area contributed by atoms with Crippen molar-refractivity contribution in [2.24, 2.45) is 0 Å². The fourth-order valence-corrected chi connectivity index (χ4v) is 6.26. The summed E-state index contributed by atoms with van der Waals surface area (Å²) in [6.45, 7) is 0.942. The first-order valence-corrected chi connectivity index (χ1v) is 13.5. The number of hydrogen-bond donors (Lipinski definition) is 2. The molecule has 0 unspecified atom stereocenters. The molecule has 2 aliphatic rings. The van der Waals surface area contributed by atoms with Crippen molar-refractivity contribution in [2.45, 2.75) is 44.1 Å². The van der Waals surface area contributed by atoms with Crippen LogP contribution in [-0.4, -0.2) is 64.1 Å². The Balaban J connectivity index is 1.53. The minimum atomic E-state index is -4.65. The van der Waals surface area contributed by atoms with E-state index in [1.807, 2.05) is 4.90 Å². The Hall–Kier alpha value is -4.44. The third-order valence-electron chi connectivity index (χ3n) is 8.11. The highest BCUT2D eigenvalue weighted by atomic mass is 19.4. The van der Waals surface area contributed by atoms with Crippen molar-refractivity contribution in [1.29, 1.82) is 0 Å². The van der Waals surface area contributed by atoms with Gasteiger partial charge in [-0.1, -0.05) is 12.0 Å². The minimum absolute atomic E-state index is 0.00696. The number of phenols is 1. The van der Waals surface area contributed by atoms with Gasteiger partial charge in [-0.05, 0) is 49.9 Å². The first-order chi connectivity index (χ1) is 20.4. The number of ether oxygens (including phenoxy) is 1. The quantitative estimate of drug-likeness (QED) is 0.222. The average Bonchev–Trinajstić information content (AvgIpc) is 3.47. The van der Waals surface area contributed by atoms with Crippen molar-refractivity contribution >= 4 is 27.5 Å². The molecule has 0 radical (unpaired) electrons. The van der Waals surface area contributed by atoms with Crippen molar-refractivity contribution in [3.05, 3.63) is 51.6 Å². The van der Waals surface area contributed by atoms with E-state index in [4.69, 9.17) is 15.6 Å². The van der Waals surface area contributed by atoms with Crippen LogP contribution in [0.3, 0.4) is 0 Å². The van der Waals surface area contributed by atoms with Gasteiger partial charge in [0.2, 0.25) is 0 Å². The topological polar surface area (TPSA) is 101 Å². The molecule has 6 rings (SSSR count). The second-order valence-corrected chi connectivity index (χ2v) is 10.9. The van der Waals surface area contributed by atoms with Gasteiger partial charge in [-0.2, -0.15) is 23.1 Å². The van der Waals surface area contributed by atoms with Crippen LogP contribution in [0.5, 0.6) is 11.8 Å². The first kappa shape index (κ1) is 28.7. The van der Waals surface area contributed by atoms with Crippen LogP contribution in [0.15, 0.2) is 33.5 Å². The Morgan fingerprint density at radius 3 is 2.81 bits per heavy atom. The molecular weight excluding hydrogens is 575 g/mol. The molecule has 0 amide bonds. The van der Waals surface area contributed by atoms with Gasteiger partial charge in [-0.25, -0.2) is 13.6 Å². The fourth-order valence-electron chi connectivity index (χ4n) is 6.26. The lowest BCUT2D eigenvalue weighted by molar-refractivity contribution is -0.115. The van der Waals surface area contributed by atoms with Crippen molar-refractivity contribution in [2.75, 3.05) is 31.6 Å². The van der Waals surface area contributed by atoms with E-state index in [9.17, 15) is 31.9 Å². The number of nitrogens with zero attached hydrogens (tertiary/aromatic N) is 3. The van der Waals surface area contributed by atoms with Crippen LogP contribution in [0, 0.1) is 25.1 Å². The Morgan fingerprint density at radius 1 is 1.28 bits per heavy atom. The zero-order chi connectivity index (χ0) is 30.7. The van der Waals surface area contributed by atoms with E-state index in [0.29, 0.717) is 18.4 Å². The lowest BCUT2D eigenvalue weighted by Crippen LogP contribution is -2.43. The minimum Gasteiger partial charge on any atom is -0.508 e. The van der Waals surface area contributed by atoms with Crippen molar-refractivity contribution < 1.29 is 36.2 Å². The molecule has 8 nitrogen and oxygen atoms in total. The van der Waals surface area contributed by atoms with Gasteiger partial charge < -0.3 is 19.6 Å². The van der Waals surface area contributed by atoms with E-state index >= 15 is 0 Å². The van der Waals surface area contributed by atoms with Gasteiger partial charge in [0.15, 0.2) is 0 Å². The normalized spacial score (nSPS) is 20.4. The van der Waals surface area contributed by atoms with Gasteiger partial charge in [0.05, 0.1) is 16.6 Å². The van der Waals surface area contributed by atoms with E-state index in [2.05, 4.69) is 21.2 Å². The van der Waals surface area contributed by atoms with E-state index in [0.717, 1.165) is 12.5 Å². The maximum absolute atomic E-state index is 14.7. The molecule has 2 aromatic carbocycles. The summed E-state index contributed by atoms with van der Waals surface area (Å²) in [5, 5.41) is 12.7. The molecule has 4 aromatic rings. The molecule has 2 aromatic heterocycles. The number of benzene rings is 2. The number of fused-ring (bicyclic) bond motifs is 3. The molecular formula is C30H25F5N4O4. The molecule has 2 atom stereocenters. The summed E-state index contributed by atoms with van der Waals surface area (Å²) < 4.78 is 80.0. The van der Waals surface area contributed by atoms with Gasteiger partial charge in [0.1, 0.15) is 47.9 Å². The Kier molecular flexibility index (Phi) is 6.92. The predicted octanol–water partition coefficient (Wildman–Crippen LogP) is 5.47. The highest BCUT2D eigenvalue weighted by Crippen LogP contribution is 2.41. The van der Waals surface area contributed by atoms with Crippen LogP contribution < -0.4 is 15.7 Å². The number of rotatable bonds is 6. The highest BCUT2D eigenvalue weighted by molar-refractivity contribution is 6.03. The third kappa shape index (κ3) is 5.09. The Morgan fingerprint density at radius 2 is 2.07 bits per heavy atom. The zero-order valence-corrected chi connectivity index (χ0v) is 22.8. The molecule has 0 saturated carbocycles. The van der Waals surface area contributed by atoms with E-state index in [1.165, 1.54) is 25.1 Å². The summed E-state index contributed by atoms with van der Waals surface area (Å²) in [5.74, 6) is 0.727. The Labute approximate surface area is 241 Å². The average molecular weight is 601 g/mol. The van der Waals surface area contributed by atoms with Crippen LogP contribution in [0.1, 0.15) is 30.4 Å². The van der Waals surface area contributed by atoms with Crippen molar-refractivity contribution in [1.82, 2.24) is 14.9 Å². The second-order valence-electron chi connectivity index (χ2n) is 10.9. The number of anilines is 1. The highest BCUT2D eigenvalue weighted by Gasteiger charge is 2.49. The van der Waals surface area contributed by atoms with Crippen LogP contribution in [-0.2, 0) is 0 Å². The molecule has 4 heterocycles. The number of halogens is 5. The fraction of sp³-hybridized carbons (Fsp3) is 0.367. The SMILES string of the molecule is C#Cc1c(F)ccc2cc(O)cc(-c3oc(=O)c4c(NCC(F)(F)F)nc(OC[C@@]56CCCN5C[C@H](F)C6)nc4c3C)c12. The van der Waals surface area contributed by atoms with Crippen LogP contribution in [0.4, 0.5) is 27.8 Å². The maximum Gasteiger partial charge on any atom is 0.405 e. The molecule has 0 bridgehead atoms. The molecule has 0 aliphatic carbocycles. The molecule has 2 fully saturated rings. The summed E-state index contributed by atoms with van der Waals surface area (Å²) in [6.07, 6.45) is 1.67.